The Labute approximate surface area is 134 Å². The van der Waals surface area contributed by atoms with Crippen molar-refractivity contribution in [1.82, 2.24) is 19.5 Å². The summed E-state index contributed by atoms with van der Waals surface area (Å²) in [6.45, 7) is -4.90. The normalized spacial score (nSPS) is 28.5. The maximum atomic E-state index is 10.9. The van der Waals surface area contributed by atoms with Crippen molar-refractivity contribution in [2.75, 3.05) is 12.3 Å². The minimum atomic E-state index is -4.39. The van der Waals surface area contributed by atoms with Crippen molar-refractivity contribution in [3.05, 3.63) is 12.7 Å². The zero-order valence-electron chi connectivity index (χ0n) is 11.4. The van der Waals surface area contributed by atoms with Crippen LogP contribution in [0.25, 0.3) is 11.2 Å². The number of nitrogens with zero attached hydrogens (tertiary/aromatic N) is 4. The first-order valence-corrected chi connectivity index (χ1v) is 8.95. The molecule has 3 heterocycles. The van der Waals surface area contributed by atoms with Crippen LogP contribution in [-0.2, 0) is 21.1 Å². The summed E-state index contributed by atoms with van der Waals surface area (Å²) < 4.78 is 11.3. The number of aliphatic hydroxyl groups is 2. The van der Waals surface area contributed by atoms with Gasteiger partial charge in [-0.15, -0.1) is 11.8 Å². The number of anilines is 1. The monoisotopic (exact) mass is 361 g/mol. The molecule has 1 unspecified atom stereocenters. The van der Waals surface area contributed by atoms with E-state index in [0.29, 0.717) is 11.2 Å². The van der Waals surface area contributed by atoms with Gasteiger partial charge in [-0.05, 0) is 0 Å². The third-order valence-electron chi connectivity index (χ3n) is 3.40. The second kappa shape index (κ2) is 6.00. The van der Waals surface area contributed by atoms with Crippen LogP contribution in [0, 0.1) is 0 Å². The average molecular weight is 361 g/mol. The summed E-state index contributed by atoms with van der Waals surface area (Å²) >= 11 is 4.11. The minimum Gasteiger partial charge on any atom is -0.812 e. The van der Waals surface area contributed by atoms with Gasteiger partial charge >= 0.3 is 0 Å². The Bertz CT molecular complexity index is 767. The lowest BCUT2D eigenvalue weighted by atomic mass is 10.1. The minimum absolute atomic E-state index is 0.153. The lowest BCUT2D eigenvalue weighted by molar-refractivity contribution is -0.322. The van der Waals surface area contributed by atoms with Crippen molar-refractivity contribution in [3.63, 3.8) is 0 Å². The van der Waals surface area contributed by atoms with Gasteiger partial charge in [0.15, 0.2) is 17.7 Å². The molecule has 0 aromatic carbocycles. The first kappa shape index (κ1) is 16.6. The van der Waals surface area contributed by atoms with Gasteiger partial charge in [-0.2, -0.15) is 0 Å². The van der Waals surface area contributed by atoms with Crippen molar-refractivity contribution >= 4 is 35.5 Å². The molecule has 126 valence electrons. The number of hydrogen-bond acceptors (Lipinski definition) is 11. The number of ether oxygens (including phenoxy) is 1. The number of nitrogen functional groups attached to an aromatic ring is 1. The Morgan fingerprint density at radius 3 is 2.78 bits per heavy atom. The molecule has 0 spiro atoms. The molecule has 1 fully saturated rings. The molecule has 2 aromatic rings. The van der Waals surface area contributed by atoms with Gasteiger partial charge in [0, 0.05) is 0 Å². The van der Waals surface area contributed by atoms with Crippen molar-refractivity contribution in [1.29, 1.82) is 0 Å². The van der Waals surface area contributed by atoms with Crippen molar-refractivity contribution in [2.45, 2.75) is 24.5 Å². The van der Waals surface area contributed by atoms with E-state index < -0.39 is 37.9 Å². The average Bonchev–Trinajstić information content (AvgIpc) is 3.01. The van der Waals surface area contributed by atoms with E-state index in [0.717, 1.165) is 0 Å². The number of aliphatic hydroxyl groups excluding tert-OH is 2. The summed E-state index contributed by atoms with van der Waals surface area (Å²) in [4.78, 5) is 33.6. The maximum absolute atomic E-state index is 10.9. The molecule has 2 aromatic heterocycles. The summed E-state index contributed by atoms with van der Waals surface area (Å²) in [5, 5.41) is 20.1. The first-order chi connectivity index (χ1) is 10.8. The fraction of sp³-hybridized carbons (Fsp3) is 0.500. The largest absolute Gasteiger partial charge is 0.812 e. The Balaban J connectivity index is 1.85. The van der Waals surface area contributed by atoms with Crippen LogP contribution in [-0.4, -0.2) is 54.7 Å². The van der Waals surface area contributed by atoms with E-state index in [1.165, 1.54) is 17.2 Å². The zero-order valence-corrected chi connectivity index (χ0v) is 13.1. The van der Waals surface area contributed by atoms with Crippen molar-refractivity contribution in [3.8, 4) is 0 Å². The predicted octanol–water partition coefficient (Wildman–Crippen LogP) is -3.01. The molecule has 4 atom stereocenters. The number of imidazole rings is 1. The van der Waals surface area contributed by atoms with Gasteiger partial charge in [0.2, 0.25) is 0 Å². The lowest BCUT2D eigenvalue weighted by Crippen LogP contribution is -2.34. The van der Waals surface area contributed by atoms with Crippen LogP contribution in [0.5, 0.6) is 0 Å². The molecule has 0 amide bonds. The molecular formula is C10H12N5O6PS-2. The molecule has 0 saturated carbocycles. The Morgan fingerprint density at radius 1 is 1.35 bits per heavy atom. The molecule has 0 bridgehead atoms. The van der Waals surface area contributed by atoms with E-state index in [-0.39, 0.29) is 5.82 Å². The van der Waals surface area contributed by atoms with Crippen LogP contribution >= 0.6 is 6.72 Å². The first-order valence-electron chi connectivity index (χ1n) is 6.39. The lowest BCUT2D eigenvalue weighted by Gasteiger charge is -2.35. The van der Waals surface area contributed by atoms with Crippen LogP contribution < -0.4 is 15.5 Å². The van der Waals surface area contributed by atoms with Gasteiger partial charge in [-0.1, -0.05) is 6.72 Å². The van der Waals surface area contributed by atoms with Crippen LogP contribution in [0.1, 0.15) is 6.23 Å². The van der Waals surface area contributed by atoms with E-state index in [2.05, 4.69) is 31.3 Å². The highest BCUT2D eigenvalue weighted by Gasteiger charge is 2.44. The second-order valence-corrected chi connectivity index (χ2v) is 7.37. The number of nitrogens with two attached hydrogens (primary N) is 1. The molecule has 11 nitrogen and oxygen atoms in total. The topological polar surface area (TPSA) is 175 Å². The Hall–Kier alpha value is -1.24. The molecule has 0 aliphatic carbocycles. The summed E-state index contributed by atoms with van der Waals surface area (Å²) in [5.41, 5.74) is 6.29. The van der Waals surface area contributed by atoms with Crippen molar-refractivity contribution in [2.24, 2.45) is 0 Å². The number of fused-ring (bicyclic) bond motifs is 1. The maximum Gasteiger partial charge on any atom is 0.167 e. The number of aromatic nitrogens is 4. The molecule has 3 rings (SSSR count). The third-order valence-corrected chi connectivity index (χ3v) is 4.18. The number of hydrogen-bond donors (Lipinski definition) is 3. The fourth-order valence-corrected chi connectivity index (χ4v) is 2.83. The fourth-order valence-electron chi connectivity index (χ4n) is 2.32. The summed E-state index contributed by atoms with van der Waals surface area (Å²) in [6, 6.07) is 0. The molecule has 0 radical (unpaired) electrons. The summed E-state index contributed by atoms with van der Waals surface area (Å²) in [6.07, 6.45) is -2.32. The quantitative estimate of drug-likeness (QED) is 0.473. The van der Waals surface area contributed by atoms with E-state index in [1.807, 2.05) is 0 Å². The molecular weight excluding hydrogens is 349 g/mol. The summed E-state index contributed by atoms with van der Waals surface area (Å²) in [7, 11) is 0. The Kier molecular flexibility index (Phi) is 4.33. The van der Waals surface area contributed by atoms with Gasteiger partial charge in [-0.25, -0.2) is 15.0 Å². The van der Waals surface area contributed by atoms with Gasteiger partial charge in [0.1, 0.15) is 30.2 Å². The highest BCUT2D eigenvalue weighted by molar-refractivity contribution is 8.05. The molecule has 1 saturated heterocycles. The summed E-state index contributed by atoms with van der Waals surface area (Å²) in [5.74, 6) is 0.153. The smallest absolute Gasteiger partial charge is 0.167 e. The van der Waals surface area contributed by atoms with Gasteiger partial charge in [-0.3, -0.25) is 4.57 Å². The molecule has 1 aliphatic rings. The molecule has 1 aliphatic heterocycles. The van der Waals surface area contributed by atoms with Crippen LogP contribution in [0.15, 0.2) is 12.7 Å². The van der Waals surface area contributed by atoms with Gasteiger partial charge in [0.25, 0.3) is 0 Å². The van der Waals surface area contributed by atoms with Gasteiger partial charge in [0.05, 0.1) is 12.9 Å². The van der Waals surface area contributed by atoms with E-state index in [4.69, 9.17) is 10.5 Å². The van der Waals surface area contributed by atoms with E-state index in [1.54, 1.807) is 0 Å². The molecule has 13 heteroatoms. The highest BCUT2D eigenvalue weighted by atomic mass is 32.5. The van der Waals surface area contributed by atoms with Crippen LogP contribution in [0.4, 0.5) is 5.82 Å². The Morgan fingerprint density at radius 2 is 2.09 bits per heavy atom. The van der Waals surface area contributed by atoms with Crippen LogP contribution in [0.2, 0.25) is 0 Å². The standard InChI is InChI=1S/C10H14N5O6PS/c11-8-5-9(13-2-12-8)15(3-14-5)10-7(17)6(16)4(21-10)1-20-22(18,19)23/h2-4,6-7,10,16-17H,1H2,(H2,11,12,13)(H2,18,19,23)/p-2/t4-,6+,7?,10-/m1/s1. The SMILES string of the molecule is Nc1ncnc2c1ncn2[C@@H]1O[C@H](COP([O-])([O-])=S)[C@H](O)C1O. The predicted molar refractivity (Wildman–Crippen MR) is 75.9 cm³/mol. The van der Waals surface area contributed by atoms with Crippen molar-refractivity contribution < 1.29 is 29.3 Å². The zero-order chi connectivity index (χ0) is 16.8. The van der Waals surface area contributed by atoms with Crippen LogP contribution in [0.3, 0.4) is 0 Å². The van der Waals surface area contributed by atoms with Gasteiger partial charge < -0.3 is 35.0 Å². The highest BCUT2D eigenvalue weighted by Crippen LogP contribution is 2.34. The third kappa shape index (κ3) is 3.20. The number of rotatable bonds is 4. The molecule has 4 N–H and O–H groups in total. The second-order valence-electron chi connectivity index (χ2n) is 4.87. The molecule has 23 heavy (non-hydrogen) atoms. The van der Waals surface area contributed by atoms with E-state index >= 15 is 0 Å². The van der Waals surface area contributed by atoms with E-state index in [9.17, 15) is 20.0 Å².